The van der Waals surface area contributed by atoms with E-state index >= 15 is 0 Å². The Kier molecular flexibility index (Phi) is 3.81. The highest BCUT2D eigenvalue weighted by Gasteiger charge is 2.20. The maximum Gasteiger partial charge on any atom is 0.310 e. The lowest BCUT2D eigenvalue weighted by atomic mass is 9.94. The number of halogens is 1. The number of carbonyl (C=O) groups is 1. The van der Waals surface area contributed by atoms with Crippen LogP contribution in [0.3, 0.4) is 0 Å². The number of carboxylic acids is 1. The Morgan fingerprint density at radius 2 is 1.88 bits per heavy atom. The molecule has 0 aliphatic rings. The van der Waals surface area contributed by atoms with Gasteiger partial charge in [0.15, 0.2) is 0 Å². The van der Waals surface area contributed by atoms with E-state index < -0.39 is 11.9 Å². The first-order chi connectivity index (χ1) is 7.34. The van der Waals surface area contributed by atoms with E-state index in [4.69, 9.17) is 16.7 Å². The van der Waals surface area contributed by atoms with Gasteiger partial charge in [-0.05, 0) is 24.5 Å². The quantitative estimate of drug-likeness (QED) is 0.855. The molecule has 2 N–H and O–H groups in total. The summed E-state index contributed by atoms with van der Waals surface area (Å²) in [5.74, 6) is -1.65. The molecule has 0 saturated carbocycles. The molecule has 0 saturated heterocycles. The minimum absolute atomic E-state index is 0.138. The van der Waals surface area contributed by atoms with E-state index in [-0.39, 0.29) is 16.7 Å². The van der Waals surface area contributed by atoms with Gasteiger partial charge in [0.25, 0.3) is 0 Å². The van der Waals surface area contributed by atoms with Crippen LogP contribution in [0.5, 0.6) is 5.75 Å². The Balaban J connectivity index is 3.32. The van der Waals surface area contributed by atoms with Gasteiger partial charge in [0, 0.05) is 5.56 Å². The number of phenolic OH excluding ortho intramolecular Hbond substituents is 1. The molecule has 0 aromatic heterocycles. The van der Waals surface area contributed by atoms with Crippen LogP contribution >= 0.6 is 11.6 Å². The second kappa shape index (κ2) is 4.74. The molecular formula is C12H15ClO3. The minimum atomic E-state index is -0.979. The predicted octanol–water partition coefficient (Wildman–Crippen LogP) is 3.36. The van der Waals surface area contributed by atoms with Gasteiger partial charge >= 0.3 is 5.97 Å². The molecule has 16 heavy (non-hydrogen) atoms. The minimum Gasteiger partial charge on any atom is -0.506 e. The summed E-state index contributed by atoms with van der Waals surface area (Å²) in [6.07, 6.45) is 0. The molecule has 0 amide bonds. The summed E-state index contributed by atoms with van der Waals surface area (Å²) in [7, 11) is 0. The van der Waals surface area contributed by atoms with Crippen molar-refractivity contribution in [3.63, 3.8) is 0 Å². The van der Waals surface area contributed by atoms with E-state index in [1.807, 2.05) is 13.8 Å². The van der Waals surface area contributed by atoms with Crippen LogP contribution in [0.15, 0.2) is 12.1 Å². The standard InChI is InChI=1S/C12H15ClO3/c1-6(2)8-4-9(7(3)12(15)16)11(14)10(13)5-8/h4-7,14H,1-3H3,(H,15,16). The first kappa shape index (κ1) is 12.8. The Hall–Kier alpha value is -1.22. The SMILES string of the molecule is CC(C)c1cc(Cl)c(O)c(C(C)C(=O)O)c1. The lowest BCUT2D eigenvalue weighted by molar-refractivity contribution is -0.138. The third-order valence-electron chi connectivity index (χ3n) is 2.62. The Morgan fingerprint density at radius 1 is 1.31 bits per heavy atom. The third kappa shape index (κ3) is 2.47. The van der Waals surface area contributed by atoms with Crippen molar-refractivity contribution in [1.29, 1.82) is 0 Å². The van der Waals surface area contributed by atoms with Gasteiger partial charge in [0.05, 0.1) is 10.9 Å². The fourth-order valence-corrected chi connectivity index (χ4v) is 1.67. The van der Waals surface area contributed by atoms with Crippen LogP contribution < -0.4 is 0 Å². The van der Waals surface area contributed by atoms with Gasteiger partial charge in [-0.1, -0.05) is 31.5 Å². The Labute approximate surface area is 99.7 Å². The number of aromatic hydroxyl groups is 1. The van der Waals surface area contributed by atoms with Crippen molar-refractivity contribution in [2.24, 2.45) is 0 Å². The highest BCUT2D eigenvalue weighted by Crippen LogP contribution is 2.35. The molecule has 0 heterocycles. The molecule has 1 aromatic rings. The normalized spacial score (nSPS) is 12.8. The van der Waals surface area contributed by atoms with E-state index in [2.05, 4.69) is 0 Å². The van der Waals surface area contributed by atoms with Crippen LogP contribution in [0.4, 0.5) is 0 Å². The summed E-state index contributed by atoms with van der Waals surface area (Å²) >= 11 is 5.87. The first-order valence-corrected chi connectivity index (χ1v) is 5.47. The molecule has 0 radical (unpaired) electrons. The Bertz CT molecular complexity index is 413. The summed E-state index contributed by atoms with van der Waals surface area (Å²) in [5, 5.41) is 18.9. The van der Waals surface area contributed by atoms with Crippen LogP contribution in [0.25, 0.3) is 0 Å². The lowest BCUT2D eigenvalue weighted by Gasteiger charge is -2.14. The summed E-state index contributed by atoms with van der Waals surface area (Å²) in [4.78, 5) is 10.9. The van der Waals surface area contributed by atoms with Crippen LogP contribution in [-0.4, -0.2) is 16.2 Å². The highest BCUT2D eigenvalue weighted by molar-refractivity contribution is 6.32. The summed E-state index contributed by atoms with van der Waals surface area (Å²) < 4.78 is 0. The molecule has 0 aliphatic heterocycles. The van der Waals surface area contributed by atoms with E-state index in [9.17, 15) is 9.90 Å². The summed E-state index contributed by atoms with van der Waals surface area (Å²) in [6, 6.07) is 3.37. The van der Waals surface area contributed by atoms with Gasteiger partial charge in [-0.2, -0.15) is 0 Å². The summed E-state index contributed by atoms with van der Waals surface area (Å²) in [5.41, 5.74) is 1.29. The predicted molar refractivity (Wildman–Crippen MR) is 63.3 cm³/mol. The fourth-order valence-electron chi connectivity index (χ4n) is 1.44. The highest BCUT2D eigenvalue weighted by atomic mass is 35.5. The van der Waals surface area contributed by atoms with Gasteiger partial charge in [-0.25, -0.2) is 0 Å². The molecule has 1 atom stereocenters. The monoisotopic (exact) mass is 242 g/mol. The van der Waals surface area contributed by atoms with Crippen molar-refractivity contribution in [2.75, 3.05) is 0 Å². The molecule has 1 rings (SSSR count). The molecule has 0 aliphatic carbocycles. The molecule has 0 spiro atoms. The smallest absolute Gasteiger partial charge is 0.310 e. The van der Waals surface area contributed by atoms with E-state index in [0.29, 0.717) is 5.56 Å². The molecule has 3 nitrogen and oxygen atoms in total. The average Bonchev–Trinajstić information content (AvgIpc) is 2.20. The van der Waals surface area contributed by atoms with Crippen molar-refractivity contribution in [2.45, 2.75) is 32.6 Å². The first-order valence-electron chi connectivity index (χ1n) is 5.09. The number of rotatable bonds is 3. The van der Waals surface area contributed by atoms with E-state index in [0.717, 1.165) is 5.56 Å². The third-order valence-corrected chi connectivity index (χ3v) is 2.91. The number of benzene rings is 1. The second-order valence-corrected chi connectivity index (χ2v) is 4.56. The number of hydrogen-bond donors (Lipinski definition) is 2. The molecule has 1 unspecified atom stereocenters. The molecular weight excluding hydrogens is 228 g/mol. The van der Waals surface area contributed by atoms with E-state index in [1.165, 1.54) is 6.92 Å². The van der Waals surface area contributed by atoms with Gasteiger partial charge in [-0.3, -0.25) is 4.79 Å². The molecule has 88 valence electrons. The lowest BCUT2D eigenvalue weighted by Crippen LogP contribution is -2.08. The van der Waals surface area contributed by atoms with Crippen molar-refractivity contribution in [1.82, 2.24) is 0 Å². The topological polar surface area (TPSA) is 57.5 Å². The van der Waals surface area contributed by atoms with Crippen LogP contribution in [0, 0.1) is 0 Å². The zero-order chi connectivity index (χ0) is 12.5. The van der Waals surface area contributed by atoms with Crippen LogP contribution in [-0.2, 0) is 4.79 Å². The van der Waals surface area contributed by atoms with Crippen LogP contribution in [0.2, 0.25) is 5.02 Å². The largest absolute Gasteiger partial charge is 0.506 e. The van der Waals surface area contributed by atoms with Crippen LogP contribution in [0.1, 0.15) is 43.7 Å². The van der Waals surface area contributed by atoms with E-state index in [1.54, 1.807) is 12.1 Å². The van der Waals surface area contributed by atoms with Gasteiger partial charge in [0.1, 0.15) is 5.75 Å². The zero-order valence-corrected chi connectivity index (χ0v) is 10.2. The summed E-state index contributed by atoms with van der Waals surface area (Å²) in [6.45, 7) is 5.49. The number of phenols is 1. The van der Waals surface area contributed by atoms with Gasteiger partial charge in [-0.15, -0.1) is 0 Å². The van der Waals surface area contributed by atoms with Crippen molar-refractivity contribution >= 4 is 17.6 Å². The number of carboxylic acid groups (broad SMARTS) is 1. The molecule has 1 aromatic carbocycles. The van der Waals surface area contributed by atoms with Crippen molar-refractivity contribution in [3.05, 3.63) is 28.3 Å². The maximum absolute atomic E-state index is 10.9. The van der Waals surface area contributed by atoms with Crippen molar-refractivity contribution in [3.8, 4) is 5.75 Å². The molecule has 0 fully saturated rings. The number of aliphatic carboxylic acids is 1. The number of hydrogen-bond acceptors (Lipinski definition) is 2. The fraction of sp³-hybridized carbons (Fsp3) is 0.417. The maximum atomic E-state index is 10.9. The average molecular weight is 243 g/mol. The van der Waals surface area contributed by atoms with Crippen molar-refractivity contribution < 1.29 is 15.0 Å². The Morgan fingerprint density at radius 3 is 2.31 bits per heavy atom. The van der Waals surface area contributed by atoms with Gasteiger partial charge < -0.3 is 10.2 Å². The molecule has 0 bridgehead atoms. The van der Waals surface area contributed by atoms with Gasteiger partial charge in [0.2, 0.25) is 0 Å². The second-order valence-electron chi connectivity index (χ2n) is 4.16. The molecule has 4 heteroatoms. The zero-order valence-electron chi connectivity index (χ0n) is 9.49.